The molecule has 2 N–H and O–H groups in total. The molecule has 0 radical (unpaired) electrons. The second-order valence-electron chi connectivity index (χ2n) is 2.93. The third-order valence-electron chi connectivity index (χ3n) is 2.01. The van der Waals surface area contributed by atoms with E-state index in [0.717, 1.165) is 11.3 Å². The van der Waals surface area contributed by atoms with E-state index in [4.69, 9.17) is 28.9 Å². The van der Waals surface area contributed by atoms with Crippen molar-refractivity contribution in [1.29, 1.82) is 0 Å². The molecular formula is C9H9Cl2N3. The zero-order chi connectivity index (χ0) is 10.1. The zero-order valence-electron chi connectivity index (χ0n) is 7.37. The van der Waals surface area contributed by atoms with Crippen LogP contribution in [0.1, 0.15) is 5.82 Å². The van der Waals surface area contributed by atoms with Crippen LogP contribution in [0.2, 0.25) is 10.2 Å². The van der Waals surface area contributed by atoms with Gasteiger partial charge in [-0.2, -0.15) is 0 Å². The lowest BCUT2D eigenvalue weighted by Gasteiger charge is -1.99. The summed E-state index contributed by atoms with van der Waals surface area (Å²) in [6.07, 6.45) is 2.57. The molecule has 0 bridgehead atoms. The van der Waals surface area contributed by atoms with Crippen LogP contribution in [0.4, 0.5) is 0 Å². The van der Waals surface area contributed by atoms with Gasteiger partial charge in [-0.05, 0) is 18.7 Å². The molecule has 2 aromatic heterocycles. The molecule has 0 fully saturated rings. The normalized spacial score (nSPS) is 11.1. The number of imidazole rings is 1. The van der Waals surface area contributed by atoms with Crippen molar-refractivity contribution in [2.45, 2.75) is 6.42 Å². The summed E-state index contributed by atoms with van der Waals surface area (Å²) < 4.78 is 1.87. The maximum absolute atomic E-state index is 6.00. The van der Waals surface area contributed by atoms with Gasteiger partial charge < -0.3 is 10.1 Å². The fourth-order valence-electron chi connectivity index (χ4n) is 1.42. The van der Waals surface area contributed by atoms with Crippen LogP contribution in [0.15, 0.2) is 18.3 Å². The van der Waals surface area contributed by atoms with Crippen LogP contribution in [-0.2, 0) is 6.42 Å². The van der Waals surface area contributed by atoms with Gasteiger partial charge in [-0.3, -0.25) is 0 Å². The van der Waals surface area contributed by atoms with Gasteiger partial charge in [-0.25, -0.2) is 4.98 Å². The van der Waals surface area contributed by atoms with Crippen molar-refractivity contribution in [3.8, 4) is 0 Å². The van der Waals surface area contributed by atoms with Gasteiger partial charge in [-0.15, -0.1) is 0 Å². The van der Waals surface area contributed by atoms with Gasteiger partial charge in [0.15, 0.2) is 5.15 Å². The Morgan fingerprint density at radius 2 is 2.21 bits per heavy atom. The smallest absolute Gasteiger partial charge is 0.156 e. The van der Waals surface area contributed by atoms with Crippen LogP contribution in [0.5, 0.6) is 0 Å². The van der Waals surface area contributed by atoms with E-state index in [1.807, 2.05) is 16.7 Å². The van der Waals surface area contributed by atoms with Crippen LogP contribution in [0.25, 0.3) is 5.52 Å². The molecule has 0 saturated heterocycles. The summed E-state index contributed by atoms with van der Waals surface area (Å²) in [6.45, 7) is 0.544. The molecule has 0 unspecified atom stereocenters. The predicted molar refractivity (Wildman–Crippen MR) is 58.0 cm³/mol. The fraction of sp³-hybridized carbons (Fsp3) is 0.222. The lowest BCUT2D eigenvalue weighted by molar-refractivity contribution is 0.863. The Hall–Kier alpha value is -0.770. The summed E-state index contributed by atoms with van der Waals surface area (Å²) in [6, 6.07) is 3.64. The molecule has 0 aliphatic heterocycles. The molecule has 2 rings (SSSR count). The maximum atomic E-state index is 6.00. The van der Waals surface area contributed by atoms with Gasteiger partial charge in [0, 0.05) is 12.6 Å². The summed E-state index contributed by atoms with van der Waals surface area (Å²) in [5.41, 5.74) is 6.22. The quantitative estimate of drug-likeness (QED) is 0.858. The number of aromatic nitrogens is 2. The fourth-order valence-corrected chi connectivity index (χ4v) is 2.01. The van der Waals surface area contributed by atoms with Crippen LogP contribution in [-0.4, -0.2) is 15.9 Å². The third-order valence-corrected chi connectivity index (χ3v) is 2.58. The van der Waals surface area contributed by atoms with E-state index in [9.17, 15) is 0 Å². The van der Waals surface area contributed by atoms with Crippen molar-refractivity contribution in [2.24, 2.45) is 5.73 Å². The van der Waals surface area contributed by atoms with Crippen molar-refractivity contribution >= 4 is 28.7 Å². The Bertz CT molecular complexity index is 464. The van der Waals surface area contributed by atoms with Crippen molar-refractivity contribution in [3.05, 3.63) is 34.3 Å². The van der Waals surface area contributed by atoms with Crippen molar-refractivity contribution in [1.82, 2.24) is 9.38 Å². The van der Waals surface area contributed by atoms with Crippen LogP contribution in [0, 0.1) is 0 Å². The average Bonchev–Trinajstić information content (AvgIpc) is 2.46. The van der Waals surface area contributed by atoms with Crippen LogP contribution >= 0.6 is 23.2 Å². The van der Waals surface area contributed by atoms with E-state index in [1.165, 1.54) is 0 Å². The first kappa shape index (κ1) is 9.77. The number of nitrogens with two attached hydrogens (primary N) is 1. The number of pyridine rings is 1. The van der Waals surface area contributed by atoms with E-state index in [2.05, 4.69) is 4.98 Å². The van der Waals surface area contributed by atoms with Crippen molar-refractivity contribution < 1.29 is 0 Å². The molecule has 0 saturated carbocycles. The molecule has 3 nitrogen and oxygen atoms in total. The second-order valence-corrected chi connectivity index (χ2v) is 3.70. The lowest BCUT2D eigenvalue weighted by atomic mass is 10.4. The molecule has 5 heteroatoms. The Morgan fingerprint density at radius 1 is 1.43 bits per heavy atom. The van der Waals surface area contributed by atoms with E-state index >= 15 is 0 Å². The second kappa shape index (κ2) is 3.77. The van der Waals surface area contributed by atoms with Crippen LogP contribution in [0.3, 0.4) is 0 Å². The minimum Gasteiger partial charge on any atom is -0.330 e. The summed E-state index contributed by atoms with van der Waals surface area (Å²) in [4.78, 5) is 4.20. The van der Waals surface area contributed by atoms with Crippen molar-refractivity contribution in [2.75, 3.05) is 6.54 Å². The minimum atomic E-state index is 0.430. The third kappa shape index (κ3) is 1.47. The number of hydrogen-bond donors (Lipinski definition) is 1. The monoisotopic (exact) mass is 229 g/mol. The Morgan fingerprint density at radius 3 is 2.93 bits per heavy atom. The Kier molecular flexibility index (Phi) is 2.63. The number of nitrogens with zero attached hydrogens (tertiary/aromatic N) is 2. The average molecular weight is 230 g/mol. The molecule has 0 atom stereocenters. The zero-order valence-corrected chi connectivity index (χ0v) is 8.89. The first-order valence-electron chi connectivity index (χ1n) is 4.25. The van der Waals surface area contributed by atoms with Gasteiger partial charge >= 0.3 is 0 Å². The molecule has 2 aromatic rings. The van der Waals surface area contributed by atoms with Gasteiger partial charge in [-0.1, -0.05) is 23.2 Å². The van der Waals surface area contributed by atoms with Crippen LogP contribution < -0.4 is 5.73 Å². The SMILES string of the molecule is NCCc1nc(Cl)c2c(Cl)cccn12. The predicted octanol–water partition coefficient (Wildman–Crippen LogP) is 2.14. The molecule has 0 aliphatic carbocycles. The molecule has 14 heavy (non-hydrogen) atoms. The highest BCUT2D eigenvalue weighted by molar-refractivity contribution is 6.39. The van der Waals surface area contributed by atoms with Gasteiger partial charge in [0.05, 0.1) is 5.02 Å². The number of halogens is 2. The molecule has 0 spiro atoms. The minimum absolute atomic E-state index is 0.430. The largest absolute Gasteiger partial charge is 0.330 e. The lowest BCUT2D eigenvalue weighted by Crippen LogP contribution is -2.06. The van der Waals surface area contributed by atoms with E-state index in [-0.39, 0.29) is 0 Å². The first-order valence-corrected chi connectivity index (χ1v) is 5.00. The summed E-state index contributed by atoms with van der Waals surface area (Å²) in [5, 5.41) is 1.03. The number of fused-ring (bicyclic) bond motifs is 1. The topological polar surface area (TPSA) is 43.3 Å². The molecule has 0 aromatic carbocycles. The Labute approximate surface area is 91.4 Å². The van der Waals surface area contributed by atoms with Gasteiger partial charge in [0.1, 0.15) is 11.3 Å². The van der Waals surface area contributed by atoms with E-state index < -0.39 is 0 Å². The van der Waals surface area contributed by atoms with E-state index in [0.29, 0.717) is 23.1 Å². The molecule has 2 heterocycles. The first-order chi connectivity index (χ1) is 6.74. The summed E-state index contributed by atoms with van der Waals surface area (Å²) >= 11 is 12.0. The highest BCUT2D eigenvalue weighted by Gasteiger charge is 2.10. The number of hydrogen-bond acceptors (Lipinski definition) is 2. The summed E-state index contributed by atoms with van der Waals surface area (Å²) in [5.74, 6) is 0.843. The van der Waals surface area contributed by atoms with Crippen molar-refractivity contribution in [3.63, 3.8) is 0 Å². The highest BCUT2D eigenvalue weighted by atomic mass is 35.5. The summed E-state index contributed by atoms with van der Waals surface area (Å²) in [7, 11) is 0. The highest BCUT2D eigenvalue weighted by Crippen LogP contribution is 2.25. The number of rotatable bonds is 2. The van der Waals surface area contributed by atoms with Gasteiger partial charge in [0.25, 0.3) is 0 Å². The molecule has 74 valence electrons. The molecule has 0 amide bonds. The van der Waals surface area contributed by atoms with Gasteiger partial charge in [0.2, 0.25) is 0 Å². The molecular weight excluding hydrogens is 221 g/mol. The Balaban J connectivity index is 2.71. The standard InChI is InChI=1S/C9H9Cl2N3/c10-6-2-1-5-14-7(3-4-12)13-9(11)8(6)14/h1-2,5H,3-4,12H2. The molecule has 0 aliphatic rings. The van der Waals surface area contributed by atoms with E-state index in [1.54, 1.807) is 6.07 Å². The maximum Gasteiger partial charge on any atom is 0.156 e.